The van der Waals surface area contributed by atoms with Gasteiger partial charge in [-0.15, -0.1) is 0 Å². The van der Waals surface area contributed by atoms with Crippen LogP contribution in [0.2, 0.25) is 0 Å². The van der Waals surface area contributed by atoms with Crippen molar-refractivity contribution >= 4 is 17.4 Å². The first-order valence-corrected chi connectivity index (χ1v) is 12.8. The molecule has 0 saturated carbocycles. The van der Waals surface area contributed by atoms with Crippen molar-refractivity contribution in [1.29, 1.82) is 0 Å². The number of carbonyl (C=O) groups excluding carboxylic acids is 1. The molecule has 0 radical (unpaired) electrons. The molecule has 2 heterocycles. The average Bonchev–Trinajstić information content (AvgIpc) is 3.16. The molecule has 5 nitrogen and oxygen atoms in total. The summed E-state index contributed by atoms with van der Waals surface area (Å²) in [6.07, 6.45) is 3.02. The van der Waals surface area contributed by atoms with Gasteiger partial charge in [0.25, 0.3) is 5.91 Å². The van der Waals surface area contributed by atoms with Crippen molar-refractivity contribution in [2.45, 2.75) is 37.6 Å². The molecule has 5 rings (SSSR count). The molecule has 2 aliphatic rings. The van der Waals surface area contributed by atoms with Crippen molar-refractivity contribution in [3.05, 3.63) is 101 Å². The summed E-state index contributed by atoms with van der Waals surface area (Å²) >= 11 is 0. The van der Waals surface area contributed by atoms with Crippen LogP contribution in [0.3, 0.4) is 0 Å². The van der Waals surface area contributed by atoms with E-state index in [1.54, 1.807) is 29.2 Å². The molecule has 7 heteroatoms. The molecule has 2 aliphatic heterocycles. The van der Waals surface area contributed by atoms with Crippen molar-refractivity contribution < 1.29 is 13.6 Å². The van der Waals surface area contributed by atoms with Crippen LogP contribution in [0.15, 0.2) is 77.8 Å². The van der Waals surface area contributed by atoms with Crippen LogP contribution in [0, 0.1) is 11.6 Å². The normalized spacial score (nSPS) is 18.3. The highest BCUT2D eigenvalue weighted by Crippen LogP contribution is 2.40. The summed E-state index contributed by atoms with van der Waals surface area (Å²) < 4.78 is 27.4. The van der Waals surface area contributed by atoms with Gasteiger partial charge >= 0.3 is 0 Å². The summed E-state index contributed by atoms with van der Waals surface area (Å²) in [4.78, 5) is 22.9. The van der Waals surface area contributed by atoms with Gasteiger partial charge in [0.15, 0.2) is 5.54 Å². The third-order valence-corrected chi connectivity index (χ3v) is 7.65. The number of carbonyl (C=O) groups is 1. The number of anilines is 1. The Labute approximate surface area is 216 Å². The third-order valence-electron chi connectivity index (χ3n) is 7.65. The van der Waals surface area contributed by atoms with Gasteiger partial charge in [0.05, 0.1) is 0 Å². The summed E-state index contributed by atoms with van der Waals surface area (Å²) in [5.41, 5.74) is 7.75. The summed E-state index contributed by atoms with van der Waals surface area (Å²) in [5, 5.41) is 0. The molecule has 1 saturated heterocycles. The van der Waals surface area contributed by atoms with Crippen LogP contribution in [0.25, 0.3) is 0 Å². The van der Waals surface area contributed by atoms with Crippen LogP contribution < -0.4 is 5.73 Å². The molecule has 0 unspecified atom stereocenters. The minimum absolute atomic E-state index is 0.190. The van der Waals surface area contributed by atoms with Gasteiger partial charge in [0, 0.05) is 12.2 Å². The van der Waals surface area contributed by atoms with Crippen LogP contribution in [-0.4, -0.2) is 47.7 Å². The molecule has 1 fully saturated rings. The number of hydrogen-bond acceptors (Lipinski definition) is 4. The van der Waals surface area contributed by atoms with Gasteiger partial charge in [0.2, 0.25) is 0 Å². The molecule has 192 valence electrons. The molecule has 2 N–H and O–H groups in total. The summed E-state index contributed by atoms with van der Waals surface area (Å²) in [6.45, 7) is 5.29. The molecular weight excluding hydrogens is 470 g/mol. The molecule has 0 aliphatic carbocycles. The van der Waals surface area contributed by atoms with Crippen LogP contribution in [0.4, 0.5) is 14.5 Å². The molecule has 37 heavy (non-hydrogen) atoms. The van der Waals surface area contributed by atoms with E-state index in [-0.39, 0.29) is 17.5 Å². The summed E-state index contributed by atoms with van der Waals surface area (Å²) in [5.74, 6) is 0.201. The largest absolute Gasteiger partial charge is 0.399 e. The SMILES string of the molecule is CC1=NC(c2ccc(F)cc2)(c2ccc(F)cc2)C(=O)N1CCCN1CCC(c2ccc(N)cc2)CC1. The van der Waals surface area contributed by atoms with E-state index in [1.165, 1.54) is 29.8 Å². The number of nitrogens with two attached hydrogens (primary N) is 1. The number of amidine groups is 1. The van der Waals surface area contributed by atoms with Crippen LogP contribution in [-0.2, 0) is 10.3 Å². The maximum absolute atomic E-state index is 13.9. The van der Waals surface area contributed by atoms with Crippen molar-refractivity contribution in [2.75, 3.05) is 31.9 Å². The van der Waals surface area contributed by atoms with E-state index in [1.807, 2.05) is 19.1 Å². The zero-order valence-electron chi connectivity index (χ0n) is 21.0. The second-order valence-electron chi connectivity index (χ2n) is 9.98. The van der Waals surface area contributed by atoms with Crippen LogP contribution in [0.5, 0.6) is 0 Å². The van der Waals surface area contributed by atoms with E-state index in [0.717, 1.165) is 44.6 Å². The van der Waals surface area contributed by atoms with Crippen molar-refractivity contribution in [3.8, 4) is 0 Å². The fourth-order valence-electron chi connectivity index (χ4n) is 5.59. The Hall–Kier alpha value is -3.58. The highest BCUT2D eigenvalue weighted by atomic mass is 19.1. The van der Waals surface area contributed by atoms with Crippen molar-refractivity contribution in [2.24, 2.45) is 4.99 Å². The molecule has 0 bridgehead atoms. The number of likely N-dealkylation sites (tertiary alicyclic amines) is 1. The number of halogens is 2. The predicted octanol–water partition coefficient (Wildman–Crippen LogP) is 5.32. The molecule has 1 amide bonds. The Balaban J connectivity index is 1.25. The number of benzene rings is 3. The minimum Gasteiger partial charge on any atom is -0.399 e. The van der Waals surface area contributed by atoms with Crippen LogP contribution in [0.1, 0.15) is 48.8 Å². The number of aliphatic imine (C=N–C) groups is 1. The Morgan fingerprint density at radius 3 is 1.95 bits per heavy atom. The summed E-state index contributed by atoms with van der Waals surface area (Å²) in [6, 6.07) is 19.9. The highest BCUT2D eigenvalue weighted by molar-refractivity contribution is 6.09. The van der Waals surface area contributed by atoms with Gasteiger partial charge in [-0.1, -0.05) is 36.4 Å². The number of piperidine rings is 1. The van der Waals surface area contributed by atoms with Gasteiger partial charge in [-0.25, -0.2) is 13.8 Å². The van der Waals surface area contributed by atoms with E-state index in [9.17, 15) is 13.6 Å². The predicted molar refractivity (Wildman–Crippen MR) is 142 cm³/mol. The van der Waals surface area contributed by atoms with Crippen molar-refractivity contribution in [3.63, 3.8) is 0 Å². The molecule has 0 aromatic heterocycles. The second kappa shape index (κ2) is 10.4. The second-order valence-corrected chi connectivity index (χ2v) is 9.98. The van der Waals surface area contributed by atoms with Gasteiger partial charge in [-0.3, -0.25) is 9.69 Å². The highest BCUT2D eigenvalue weighted by Gasteiger charge is 2.49. The van der Waals surface area contributed by atoms with Gasteiger partial charge in [-0.05, 0) is 105 Å². The van der Waals surface area contributed by atoms with Gasteiger partial charge in [-0.2, -0.15) is 0 Å². The Morgan fingerprint density at radius 1 is 0.865 bits per heavy atom. The lowest BCUT2D eigenvalue weighted by molar-refractivity contribution is -0.130. The Kier molecular flexibility index (Phi) is 7.07. The smallest absolute Gasteiger partial charge is 0.265 e. The number of amides is 1. The minimum atomic E-state index is -1.34. The Morgan fingerprint density at radius 2 is 1.41 bits per heavy atom. The molecule has 0 atom stereocenters. The first-order chi connectivity index (χ1) is 17.9. The average molecular weight is 503 g/mol. The third kappa shape index (κ3) is 5.01. The molecule has 3 aromatic carbocycles. The zero-order chi connectivity index (χ0) is 26.0. The molecule has 3 aromatic rings. The maximum Gasteiger partial charge on any atom is 0.265 e. The number of nitrogens with zero attached hydrogens (tertiary/aromatic N) is 3. The first-order valence-electron chi connectivity index (χ1n) is 12.8. The van der Waals surface area contributed by atoms with Crippen molar-refractivity contribution in [1.82, 2.24) is 9.80 Å². The van der Waals surface area contributed by atoms with Crippen LogP contribution >= 0.6 is 0 Å². The zero-order valence-corrected chi connectivity index (χ0v) is 21.0. The van der Waals surface area contributed by atoms with E-state index in [4.69, 9.17) is 10.7 Å². The summed E-state index contributed by atoms with van der Waals surface area (Å²) in [7, 11) is 0. The molecule has 0 spiro atoms. The fraction of sp³-hybridized carbons (Fsp3) is 0.333. The topological polar surface area (TPSA) is 61.9 Å². The fourth-order valence-corrected chi connectivity index (χ4v) is 5.59. The van der Waals surface area contributed by atoms with E-state index >= 15 is 0 Å². The maximum atomic E-state index is 13.9. The standard InChI is InChI=1S/C30H32F2N4O/c1-21-34-30(24-5-9-26(31)10-6-24,25-7-11-27(32)12-8-25)29(37)36(21)18-2-17-35-19-15-23(16-20-35)22-3-13-28(33)14-4-22/h3-14,23H,2,15-20,33H2,1H3. The van der Waals surface area contributed by atoms with E-state index in [2.05, 4.69) is 17.0 Å². The lowest BCUT2D eigenvalue weighted by Crippen LogP contribution is -2.43. The molecular formula is C30H32F2N4O. The van der Waals surface area contributed by atoms with E-state index in [0.29, 0.717) is 29.4 Å². The van der Waals surface area contributed by atoms with Gasteiger partial charge < -0.3 is 10.6 Å². The number of rotatable bonds is 7. The van der Waals surface area contributed by atoms with Gasteiger partial charge in [0.1, 0.15) is 17.5 Å². The van der Waals surface area contributed by atoms with E-state index < -0.39 is 5.54 Å². The Bertz CT molecular complexity index is 1220. The first kappa shape index (κ1) is 25.1. The monoisotopic (exact) mass is 502 g/mol. The number of hydrogen-bond donors (Lipinski definition) is 1. The lowest BCUT2D eigenvalue weighted by atomic mass is 9.82. The number of nitrogen functional groups attached to an aromatic ring is 1. The lowest BCUT2D eigenvalue weighted by Gasteiger charge is -2.33. The quantitative estimate of drug-likeness (QED) is 0.445.